The van der Waals surface area contributed by atoms with Gasteiger partial charge < -0.3 is 4.57 Å². The number of fused-ring (bicyclic) bond motifs is 2. The topological polar surface area (TPSA) is 44.0 Å². The summed E-state index contributed by atoms with van der Waals surface area (Å²) in [7, 11) is 3.37. The van der Waals surface area contributed by atoms with Gasteiger partial charge in [0, 0.05) is 30.8 Å². The first-order valence-corrected chi connectivity index (χ1v) is 6.82. The lowest BCUT2D eigenvalue weighted by Gasteiger charge is -2.26. The fraction of sp³-hybridized carbons (Fsp3) is 0.600. The first-order chi connectivity index (χ1) is 8.83. The summed E-state index contributed by atoms with van der Waals surface area (Å²) in [5.74, 6) is 0.615. The molecule has 0 radical (unpaired) electrons. The van der Waals surface area contributed by atoms with E-state index in [0.29, 0.717) is 5.92 Å². The van der Waals surface area contributed by atoms with Gasteiger partial charge in [-0.1, -0.05) is 18.6 Å². The van der Waals surface area contributed by atoms with Crippen LogP contribution in [-0.4, -0.2) is 9.13 Å². The van der Waals surface area contributed by atoms with E-state index in [4.69, 9.17) is 0 Å². The summed E-state index contributed by atoms with van der Waals surface area (Å²) in [4.78, 5) is 24.6. The van der Waals surface area contributed by atoms with Gasteiger partial charge in [-0.05, 0) is 31.1 Å². The highest BCUT2D eigenvalue weighted by molar-refractivity contribution is 5.54. The molecular formula is C15H18N2O2. The van der Waals surface area contributed by atoms with E-state index in [1.54, 1.807) is 18.7 Å². The second-order valence-electron chi connectivity index (χ2n) is 6.71. The van der Waals surface area contributed by atoms with E-state index in [-0.39, 0.29) is 22.1 Å². The molecule has 0 aliphatic heterocycles. The lowest BCUT2D eigenvalue weighted by atomic mass is 9.76. The number of aromatic nitrogens is 2. The summed E-state index contributed by atoms with van der Waals surface area (Å²) in [6.45, 7) is 4.36. The predicted molar refractivity (Wildman–Crippen MR) is 72.3 cm³/mol. The normalized spacial score (nSPS) is 37.7. The summed E-state index contributed by atoms with van der Waals surface area (Å²) >= 11 is 0. The van der Waals surface area contributed by atoms with Crippen molar-refractivity contribution in [3.05, 3.63) is 43.7 Å². The van der Waals surface area contributed by atoms with Crippen LogP contribution >= 0.6 is 0 Å². The van der Waals surface area contributed by atoms with Gasteiger partial charge in [-0.3, -0.25) is 9.36 Å². The third kappa shape index (κ3) is 0.935. The molecule has 100 valence electrons. The van der Waals surface area contributed by atoms with Crippen LogP contribution < -0.4 is 11.2 Å². The predicted octanol–water partition coefficient (Wildman–Crippen LogP) is 0.864. The molecule has 0 unspecified atom stereocenters. The average Bonchev–Trinajstić information content (AvgIpc) is 2.97. The molecule has 1 aromatic heterocycles. The maximum Gasteiger partial charge on any atom is 0.330 e. The number of allylic oxidation sites excluding steroid dienone is 2. The Bertz CT molecular complexity index is 783. The molecule has 0 saturated heterocycles. The van der Waals surface area contributed by atoms with Crippen LogP contribution in [0.25, 0.3) is 0 Å². The van der Waals surface area contributed by atoms with Crippen molar-refractivity contribution >= 4 is 0 Å². The van der Waals surface area contributed by atoms with Crippen LogP contribution in [0.1, 0.15) is 31.5 Å². The van der Waals surface area contributed by atoms with E-state index in [1.807, 2.05) is 0 Å². The van der Waals surface area contributed by atoms with Crippen molar-refractivity contribution in [2.45, 2.75) is 32.1 Å². The van der Waals surface area contributed by atoms with Crippen molar-refractivity contribution in [3.8, 4) is 0 Å². The second kappa shape index (κ2) is 2.79. The average molecular weight is 258 g/mol. The zero-order chi connectivity index (χ0) is 13.7. The molecule has 1 saturated carbocycles. The highest BCUT2D eigenvalue weighted by Gasteiger charge is 2.72. The molecule has 3 atom stereocenters. The molecule has 1 spiro atoms. The van der Waals surface area contributed by atoms with Crippen LogP contribution in [0.4, 0.5) is 0 Å². The molecule has 0 bridgehead atoms. The Balaban J connectivity index is 2.14. The first kappa shape index (κ1) is 11.3. The SMILES string of the molecule is CC1=C[C@]2(C)c3c(n(C)c(=O)n(C)c3=O)C[C@@]23C[C@@H]13. The molecule has 0 amide bonds. The number of nitrogens with zero attached hydrogens (tertiary/aromatic N) is 2. The van der Waals surface area contributed by atoms with E-state index < -0.39 is 0 Å². The zero-order valence-electron chi connectivity index (χ0n) is 11.8. The standard InChI is InChI=1S/C15H18N2O2/c1-8-5-14(2)11-10(7-15(14)6-9(8)15)16(3)13(19)17(4)12(11)18/h5,9H,6-7H2,1-4H3/t9-,14+,15+/m0/s1. The van der Waals surface area contributed by atoms with Crippen molar-refractivity contribution in [1.29, 1.82) is 0 Å². The number of hydrogen-bond donors (Lipinski definition) is 0. The van der Waals surface area contributed by atoms with Crippen LogP contribution in [0.3, 0.4) is 0 Å². The van der Waals surface area contributed by atoms with E-state index in [2.05, 4.69) is 19.9 Å². The van der Waals surface area contributed by atoms with Crippen molar-refractivity contribution < 1.29 is 0 Å². The van der Waals surface area contributed by atoms with Crippen LogP contribution in [0.2, 0.25) is 0 Å². The van der Waals surface area contributed by atoms with Crippen LogP contribution in [0.15, 0.2) is 21.2 Å². The zero-order valence-corrected chi connectivity index (χ0v) is 11.8. The smallest absolute Gasteiger partial charge is 0.300 e. The highest BCUT2D eigenvalue weighted by Crippen LogP contribution is 2.75. The van der Waals surface area contributed by atoms with Gasteiger partial charge in [0.1, 0.15) is 0 Å². The molecule has 3 aliphatic carbocycles. The number of rotatable bonds is 0. The maximum atomic E-state index is 12.6. The van der Waals surface area contributed by atoms with Gasteiger partial charge in [0.05, 0.1) is 0 Å². The van der Waals surface area contributed by atoms with Gasteiger partial charge in [0.2, 0.25) is 0 Å². The van der Waals surface area contributed by atoms with Gasteiger partial charge in [0.15, 0.2) is 0 Å². The minimum absolute atomic E-state index is 0.103. The molecule has 1 fully saturated rings. The molecule has 1 aromatic rings. The Hall–Kier alpha value is -1.58. The maximum absolute atomic E-state index is 12.6. The third-order valence-corrected chi connectivity index (χ3v) is 5.96. The van der Waals surface area contributed by atoms with Gasteiger partial charge in [-0.2, -0.15) is 0 Å². The van der Waals surface area contributed by atoms with E-state index >= 15 is 0 Å². The van der Waals surface area contributed by atoms with Crippen LogP contribution in [0, 0.1) is 11.3 Å². The highest BCUT2D eigenvalue weighted by atomic mass is 16.2. The summed E-state index contributed by atoms with van der Waals surface area (Å²) in [6.07, 6.45) is 4.32. The summed E-state index contributed by atoms with van der Waals surface area (Å²) in [5.41, 5.74) is 2.95. The molecule has 19 heavy (non-hydrogen) atoms. The quantitative estimate of drug-likeness (QED) is 0.648. The molecule has 1 heterocycles. The largest absolute Gasteiger partial charge is 0.330 e. The summed E-state index contributed by atoms with van der Waals surface area (Å²) < 4.78 is 2.93. The molecule has 4 heteroatoms. The third-order valence-electron chi connectivity index (χ3n) is 5.96. The van der Waals surface area contributed by atoms with Gasteiger partial charge in [-0.25, -0.2) is 4.79 Å². The van der Waals surface area contributed by atoms with Gasteiger partial charge in [0.25, 0.3) is 5.56 Å². The van der Waals surface area contributed by atoms with Crippen molar-refractivity contribution in [2.24, 2.45) is 25.4 Å². The lowest BCUT2D eigenvalue weighted by molar-refractivity contribution is 0.362. The van der Waals surface area contributed by atoms with Crippen LogP contribution in [0.5, 0.6) is 0 Å². The van der Waals surface area contributed by atoms with Crippen molar-refractivity contribution in [1.82, 2.24) is 9.13 Å². The van der Waals surface area contributed by atoms with Gasteiger partial charge >= 0.3 is 5.69 Å². The van der Waals surface area contributed by atoms with Crippen molar-refractivity contribution in [3.63, 3.8) is 0 Å². The molecule has 0 N–H and O–H groups in total. The molecule has 0 aromatic carbocycles. The molecule has 3 aliphatic rings. The minimum Gasteiger partial charge on any atom is -0.300 e. The van der Waals surface area contributed by atoms with Crippen molar-refractivity contribution in [2.75, 3.05) is 0 Å². The first-order valence-electron chi connectivity index (χ1n) is 6.82. The van der Waals surface area contributed by atoms with E-state index in [0.717, 1.165) is 24.1 Å². The van der Waals surface area contributed by atoms with E-state index in [1.165, 1.54) is 10.1 Å². The monoisotopic (exact) mass is 258 g/mol. The molecule has 4 nitrogen and oxygen atoms in total. The Morgan fingerprint density at radius 2 is 1.95 bits per heavy atom. The number of hydrogen-bond acceptors (Lipinski definition) is 2. The second-order valence-corrected chi connectivity index (χ2v) is 6.71. The van der Waals surface area contributed by atoms with E-state index in [9.17, 15) is 9.59 Å². The molecule has 4 rings (SSSR count). The summed E-state index contributed by atoms with van der Waals surface area (Å²) in [6, 6.07) is 0. The fourth-order valence-electron chi connectivity index (χ4n) is 4.79. The van der Waals surface area contributed by atoms with Crippen LogP contribution in [-0.2, 0) is 25.9 Å². The Morgan fingerprint density at radius 1 is 1.26 bits per heavy atom. The lowest BCUT2D eigenvalue weighted by Crippen LogP contribution is -2.42. The van der Waals surface area contributed by atoms with Gasteiger partial charge in [-0.15, -0.1) is 0 Å². The fourth-order valence-corrected chi connectivity index (χ4v) is 4.79. The minimum atomic E-state index is -0.207. The Kier molecular flexibility index (Phi) is 1.65. The Labute approximate surface area is 111 Å². The molecular weight excluding hydrogens is 240 g/mol. The Morgan fingerprint density at radius 3 is 2.58 bits per heavy atom. The summed E-state index contributed by atoms with van der Waals surface area (Å²) in [5, 5.41) is 0.